The number of nitrogens with one attached hydrogen (secondary N) is 1. The Bertz CT molecular complexity index is 1150. The summed E-state index contributed by atoms with van der Waals surface area (Å²) in [6.07, 6.45) is 6.49. The van der Waals surface area contributed by atoms with Gasteiger partial charge in [-0.05, 0) is 74.9 Å². The molecule has 1 saturated carbocycles. The first-order chi connectivity index (χ1) is 17.7. The Morgan fingerprint density at radius 3 is 2.49 bits per heavy atom. The van der Waals surface area contributed by atoms with Gasteiger partial charge in [0.25, 0.3) is 0 Å². The first-order valence-corrected chi connectivity index (χ1v) is 13.6. The first kappa shape index (κ1) is 28.4. The number of ether oxygens (including phenoxy) is 2. The molecule has 1 aliphatic carbocycles. The SMILES string of the molecule is CCC.COc1cc2c(cc1CCC(=O)O)nc(Nc1ccc(OC(C)C)cc1)n2C1CCCC(C)C1. The lowest BCUT2D eigenvalue weighted by atomic mass is 9.87. The summed E-state index contributed by atoms with van der Waals surface area (Å²) in [5.41, 5.74) is 3.66. The molecule has 1 heterocycles. The highest BCUT2D eigenvalue weighted by Gasteiger charge is 2.26. The Kier molecular flexibility index (Phi) is 10.2. The smallest absolute Gasteiger partial charge is 0.303 e. The van der Waals surface area contributed by atoms with Crippen LogP contribution < -0.4 is 14.8 Å². The largest absolute Gasteiger partial charge is 0.496 e. The average Bonchev–Trinajstić information content (AvgIpc) is 3.20. The molecule has 0 saturated heterocycles. The number of benzene rings is 2. The zero-order chi connectivity index (χ0) is 26.9. The standard InChI is InChI=1S/C27H35N3O4.C3H8/c1-17(2)34-22-11-9-20(10-12-22)28-27-29-23-15-19(8-13-26(31)32)25(33-4)16-24(23)30(27)21-7-5-6-18(3)14-21;1-3-2/h9-12,15-18,21H,5-8,13-14H2,1-4H3,(H,28,29)(H,31,32);3H2,1-2H3. The van der Waals surface area contributed by atoms with Crippen molar-refractivity contribution >= 4 is 28.6 Å². The summed E-state index contributed by atoms with van der Waals surface area (Å²) in [4.78, 5) is 16.1. The van der Waals surface area contributed by atoms with Crippen LogP contribution in [-0.2, 0) is 11.2 Å². The topological polar surface area (TPSA) is 85.6 Å². The predicted octanol–water partition coefficient (Wildman–Crippen LogP) is 7.76. The Morgan fingerprint density at radius 2 is 1.89 bits per heavy atom. The van der Waals surface area contributed by atoms with Gasteiger partial charge in [-0.25, -0.2) is 4.98 Å². The van der Waals surface area contributed by atoms with Gasteiger partial charge in [-0.2, -0.15) is 0 Å². The van der Waals surface area contributed by atoms with E-state index in [1.807, 2.05) is 50.2 Å². The third-order valence-electron chi connectivity index (χ3n) is 6.46. The fourth-order valence-electron chi connectivity index (χ4n) is 4.90. The maximum atomic E-state index is 11.1. The van der Waals surface area contributed by atoms with E-state index in [1.165, 1.54) is 19.3 Å². The molecule has 2 unspecified atom stereocenters. The summed E-state index contributed by atoms with van der Waals surface area (Å²) in [5.74, 6) is 2.18. The minimum atomic E-state index is -0.823. The number of carboxylic acids is 1. The van der Waals surface area contributed by atoms with Gasteiger partial charge in [0, 0.05) is 24.2 Å². The molecule has 0 radical (unpaired) electrons. The van der Waals surface area contributed by atoms with Gasteiger partial charge in [0.1, 0.15) is 11.5 Å². The van der Waals surface area contributed by atoms with Crippen LogP contribution in [0, 0.1) is 5.92 Å². The van der Waals surface area contributed by atoms with Gasteiger partial charge < -0.3 is 24.5 Å². The molecule has 1 fully saturated rings. The van der Waals surface area contributed by atoms with E-state index in [-0.39, 0.29) is 12.5 Å². The molecule has 2 aromatic carbocycles. The van der Waals surface area contributed by atoms with Gasteiger partial charge in [-0.1, -0.05) is 40.0 Å². The molecule has 202 valence electrons. The highest BCUT2D eigenvalue weighted by Crippen LogP contribution is 2.39. The van der Waals surface area contributed by atoms with Crippen LogP contribution in [0.1, 0.15) is 84.7 Å². The second-order valence-corrected chi connectivity index (χ2v) is 10.3. The van der Waals surface area contributed by atoms with Gasteiger partial charge in [0.15, 0.2) is 0 Å². The van der Waals surface area contributed by atoms with Gasteiger partial charge in [-0.15, -0.1) is 0 Å². The highest BCUT2D eigenvalue weighted by molar-refractivity contribution is 5.83. The van der Waals surface area contributed by atoms with E-state index >= 15 is 0 Å². The van der Waals surface area contributed by atoms with Crippen molar-refractivity contribution in [1.29, 1.82) is 0 Å². The van der Waals surface area contributed by atoms with Crippen molar-refractivity contribution in [3.05, 3.63) is 42.0 Å². The zero-order valence-electron chi connectivity index (χ0n) is 23.2. The van der Waals surface area contributed by atoms with Crippen LogP contribution in [0.15, 0.2) is 36.4 Å². The van der Waals surface area contributed by atoms with Crippen LogP contribution in [0.25, 0.3) is 11.0 Å². The number of methoxy groups -OCH3 is 1. The fraction of sp³-hybridized carbons (Fsp3) is 0.533. The molecule has 0 amide bonds. The van der Waals surface area contributed by atoms with E-state index in [1.54, 1.807) is 7.11 Å². The number of hydrogen-bond acceptors (Lipinski definition) is 5. The lowest BCUT2D eigenvalue weighted by molar-refractivity contribution is -0.136. The summed E-state index contributed by atoms with van der Waals surface area (Å²) in [7, 11) is 1.63. The molecular formula is C30H43N3O4. The lowest BCUT2D eigenvalue weighted by Crippen LogP contribution is -2.19. The number of nitrogens with zero attached hydrogens (tertiary/aromatic N) is 2. The first-order valence-electron chi connectivity index (χ1n) is 13.6. The maximum Gasteiger partial charge on any atom is 0.303 e. The minimum absolute atomic E-state index is 0.0542. The van der Waals surface area contributed by atoms with Crippen molar-refractivity contribution < 1.29 is 19.4 Å². The molecule has 1 aliphatic rings. The third kappa shape index (κ3) is 7.63. The molecule has 4 rings (SSSR count). The summed E-state index contributed by atoms with van der Waals surface area (Å²) >= 11 is 0. The summed E-state index contributed by atoms with van der Waals surface area (Å²) in [5, 5.41) is 12.7. The van der Waals surface area contributed by atoms with Crippen LogP contribution in [-0.4, -0.2) is 33.8 Å². The number of anilines is 2. The van der Waals surface area contributed by atoms with E-state index in [0.717, 1.165) is 46.8 Å². The molecule has 2 N–H and O–H groups in total. The summed E-state index contributed by atoms with van der Waals surface area (Å²) in [6, 6.07) is 12.3. The van der Waals surface area contributed by atoms with E-state index in [2.05, 4.69) is 30.7 Å². The molecule has 3 aromatic rings. The van der Waals surface area contributed by atoms with Crippen molar-refractivity contribution in [3.8, 4) is 11.5 Å². The number of imidazole rings is 1. The van der Waals surface area contributed by atoms with Crippen LogP contribution in [0.3, 0.4) is 0 Å². The molecule has 0 spiro atoms. The second-order valence-electron chi connectivity index (χ2n) is 10.3. The van der Waals surface area contributed by atoms with E-state index in [4.69, 9.17) is 19.6 Å². The van der Waals surface area contributed by atoms with Gasteiger partial charge in [0.2, 0.25) is 5.95 Å². The molecule has 0 bridgehead atoms. The van der Waals surface area contributed by atoms with Crippen molar-refractivity contribution in [2.75, 3.05) is 12.4 Å². The Balaban J connectivity index is 0.00000121. The predicted molar refractivity (Wildman–Crippen MR) is 150 cm³/mol. The van der Waals surface area contributed by atoms with E-state index < -0.39 is 5.97 Å². The number of fused-ring (bicyclic) bond motifs is 1. The number of aryl methyl sites for hydroxylation is 1. The van der Waals surface area contributed by atoms with Crippen molar-refractivity contribution in [2.45, 2.75) is 91.7 Å². The molecule has 7 heteroatoms. The van der Waals surface area contributed by atoms with Crippen molar-refractivity contribution in [3.63, 3.8) is 0 Å². The van der Waals surface area contributed by atoms with E-state index in [0.29, 0.717) is 24.1 Å². The molecule has 2 atom stereocenters. The molecule has 1 aromatic heterocycles. The van der Waals surface area contributed by atoms with Gasteiger partial charge >= 0.3 is 5.97 Å². The van der Waals surface area contributed by atoms with E-state index in [9.17, 15) is 4.79 Å². The molecule has 7 nitrogen and oxygen atoms in total. The molecule has 37 heavy (non-hydrogen) atoms. The van der Waals surface area contributed by atoms with Crippen molar-refractivity contribution in [2.24, 2.45) is 5.92 Å². The quantitative estimate of drug-likeness (QED) is 0.307. The Labute approximate surface area is 221 Å². The zero-order valence-corrected chi connectivity index (χ0v) is 23.2. The van der Waals surface area contributed by atoms with Crippen LogP contribution in [0.2, 0.25) is 0 Å². The minimum Gasteiger partial charge on any atom is -0.496 e. The van der Waals surface area contributed by atoms with Gasteiger partial charge in [0.05, 0.1) is 24.2 Å². The highest BCUT2D eigenvalue weighted by atomic mass is 16.5. The number of carbonyl (C=O) groups is 1. The number of carboxylic acid groups (broad SMARTS) is 1. The molecule has 0 aliphatic heterocycles. The monoisotopic (exact) mass is 509 g/mol. The number of hydrogen-bond donors (Lipinski definition) is 2. The third-order valence-corrected chi connectivity index (χ3v) is 6.46. The average molecular weight is 510 g/mol. The number of aromatic nitrogens is 2. The number of aliphatic carboxylic acids is 1. The summed E-state index contributed by atoms with van der Waals surface area (Å²) < 4.78 is 13.7. The number of rotatable bonds is 9. The fourth-order valence-corrected chi connectivity index (χ4v) is 4.90. The molecular weight excluding hydrogens is 466 g/mol. The van der Waals surface area contributed by atoms with Gasteiger partial charge in [-0.3, -0.25) is 4.79 Å². The second kappa shape index (κ2) is 13.4. The van der Waals surface area contributed by atoms with Crippen LogP contribution in [0.4, 0.5) is 11.6 Å². The van der Waals surface area contributed by atoms with Crippen LogP contribution in [0.5, 0.6) is 11.5 Å². The summed E-state index contributed by atoms with van der Waals surface area (Å²) in [6.45, 7) is 10.6. The normalized spacial score (nSPS) is 17.3. The van der Waals surface area contributed by atoms with Crippen LogP contribution >= 0.6 is 0 Å². The van der Waals surface area contributed by atoms with Crippen molar-refractivity contribution in [1.82, 2.24) is 9.55 Å². The lowest BCUT2D eigenvalue weighted by Gasteiger charge is -2.29. The maximum absolute atomic E-state index is 11.1. The Morgan fingerprint density at radius 1 is 1.19 bits per heavy atom. The Hall–Kier alpha value is -3.22.